The van der Waals surface area contributed by atoms with E-state index in [0.29, 0.717) is 59.8 Å². The van der Waals surface area contributed by atoms with Gasteiger partial charge in [-0.05, 0) is 91.3 Å². The molecule has 0 aliphatic carbocycles. The SMILES string of the molecule is COc1cc(OC)cc(C(=O)OCCC[C@@H](Cc2ccc(O)c(O)c2)[C@@H](COC(=O)c2cc(OC)cc(OC)c2)Cc2ccc(O)c(O)c2)c1. The molecule has 0 heterocycles. The van der Waals surface area contributed by atoms with Crippen molar-refractivity contribution in [2.45, 2.75) is 25.7 Å². The van der Waals surface area contributed by atoms with Gasteiger partial charge < -0.3 is 48.8 Å². The van der Waals surface area contributed by atoms with Crippen molar-refractivity contribution in [2.24, 2.45) is 11.8 Å². The standard InChI is InChI=1S/C38H42O12/c1-45-29-16-26(17-30(20-29)46-2)37(43)49-11-5-6-25(12-23-7-9-33(39)35(41)14-23)28(13-24-8-10-34(40)36(42)15-24)22-50-38(44)27-18-31(47-3)21-32(19-27)48-4/h7-10,14-21,25,28,39-42H,5-6,11-13,22H2,1-4H3/t25-,28+/m0/s1. The molecule has 4 aromatic carbocycles. The molecule has 4 rings (SSSR count). The maximum atomic E-state index is 13.3. The minimum absolute atomic E-state index is 0.0435. The van der Waals surface area contributed by atoms with E-state index in [1.807, 2.05) is 0 Å². The number of rotatable bonds is 17. The molecule has 0 bridgehead atoms. The summed E-state index contributed by atoms with van der Waals surface area (Å²) in [6.45, 7) is 0.0317. The number of aromatic hydroxyl groups is 4. The molecule has 0 saturated heterocycles. The van der Waals surface area contributed by atoms with Crippen LogP contribution in [0.4, 0.5) is 0 Å². The van der Waals surface area contributed by atoms with Gasteiger partial charge in [-0.1, -0.05) is 12.1 Å². The second-order valence-corrected chi connectivity index (χ2v) is 11.7. The molecule has 2 atom stereocenters. The Bertz CT molecular complexity index is 1720. The molecule has 50 heavy (non-hydrogen) atoms. The summed E-state index contributed by atoms with van der Waals surface area (Å²) < 4.78 is 32.6. The van der Waals surface area contributed by atoms with Crippen LogP contribution in [0.15, 0.2) is 72.8 Å². The fourth-order valence-corrected chi connectivity index (χ4v) is 5.57. The first-order chi connectivity index (χ1) is 24.0. The lowest BCUT2D eigenvalue weighted by Gasteiger charge is -2.28. The second kappa shape index (κ2) is 17.6. The number of phenols is 4. The van der Waals surface area contributed by atoms with Gasteiger partial charge in [-0.2, -0.15) is 0 Å². The van der Waals surface area contributed by atoms with Crippen molar-refractivity contribution in [3.8, 4) is 46.0 Å². The van der Waals surface area contributed by atoms with Crippen LogP contribution >= 0.6 is 0 Å². The van der Waals surface area contributed by atoms with Gasteiger partial charge in [0.2, 0.25) is 0 Å². The number of hydrogen-bond acceptors (Lipinski definition) is 12. The summed E-state index contributed by atoms with van der Waals surface area (Å²) in [5.74, 6) is -1.12. The number of carbonyl (C=O) groups is 2. The van der Waals surface area contributed by atoms with Gasteiger partial charge in [0.05, 0.1) is 52.8 Å². The van der Waals surface area contributed by atoms with Gasteiger partial charge in [0.1, 0.15) is 23.0 Å². The number of ether oxygens (including phenoxy) is 6. The lowest BCUT2D eigenvalue weighted by atomic mass is 9.80. The summed E-state index contributed by atoms with van der Waals surface area (Å²) >= 11 is 0. The van der Waals surface area contributed by atoms with E-state index in [4.69, 9.17) is 28.4 Å². The molecule has 12 heteroatoms. The molecule has 266 valence electrons. The summed E-state index contributed by atoms with van der Waals surface area (Å²) in [6, 6.07) is 18.5. The quantitative estimate of drug-likeness (QED) is 0.0575. The van der Waals surface area contributed by atoms with E-state index < -0.39 is 11.9 Å². The highest BCUT2D eigenvalue weighted by molar-refractivity contribution is 5.91. The molecule has 4 N–H and O–H groups in total. The van der Waals surface area contributed by atoms with Crippen LogP contribution < -0.4 is 18.9 Å². The smallest absolute Gasteiger partial charge is 0.338 e. The minimum atomic E-state index is -0.607. The Morgan fingerprint density at radius 2 is 0.960 bits per heavy atom. The van der Waals surface area contributed by atoms with Crippen molar-refractivity contribution < 1.29 is 58.4 Å². The predicted molar refractivity (Wildman–Crippen MR) is 183 cm³/mol. The zero-order chi connectivity index (χ0) is 36.2. The van der Waals surface area contributed by atoms with Gasteiger partial charge >= 0.3 is 11.9 Å². The molecule has 0 amide bonds. The molecule has 0 aliphatic rings. The summed E-state index contributed by atoms with van der Waals surface area (Å²) in [4.78, 5) is 26.2. The zero-order valence-corrected chi connectivity index (χ0v) is 28.4. The topological polar surface area (TPSA) is 170 Å². The maximum Gasteiger partial charge on any atom is 0.338 e. The van der Waals surface area contributed by atoms with E-state index in [2.05, 4.69) is 0 Å². The van der Waals surface area contributed by atoms with Crippen molar-refractivity contribution in [1.29, 1.82) is 0 Å². The Morgan fingerprint density at radius 1 is 0.540 bits per heavy atom. The number of carbonyl (C=O) groups excluding carboxylic acids is 2. The van der Waals surface area contributed by atoms with Gasteiger partial charge in [-0.3, -0.25) is 0 Å². The third-order valence-corrected chi connectivity index (χ3v) is 8.30. The maximum absolute atomic E-state index is 13.3. The van der Waals surface area contributed by atoms with Gasteiger partial charge in [0, 0.05) is 18.1 Å². The Balaban J connectivity index is 1.58. The number of hydrogen-bond donors (Lipinski definition) is 4. The molecule has 0 aliphatic heterocycles. The Hall–Kier alpha value is -5.78. The number of benzene rings is 4. The first-order valence-electron chi connectivity index (χ1n) is 15.9. The fourth-order valence-electron chi connectivity index (χ4n) is 5.57. The highest BCUT2D eigenvalue weighted by atomic mass is 16.5. The zero-order valence-electron chi connectivity index (χ0n) is 28.4. The Morgan fingerprint density at radius 3 is 1.38 bits per heavy atom. The van der Waals surface area contributed by atoms with E-state index in [1.165, 1.54) is 52.7 Å². The van der Waals surface area contributed by atoms with Crippen LogP contribution in [0, 0.1) is 11.8 Å². The van der Waals surface area contributed by atoms with E-state index in [9.17, 15) is 30.0 Å². The molecule has 4 aromatic rings. The van der Waals surface area contributed by atoms with Gasteiger partial charge in [0.15, 0.2) is 23.0 Å². The predicted octanol–water partition coefficient (Wildman–Crippen LogP) is 6.06. The molecule has 0 fully saturated rings. The van der Waals surface area contributed by atoms with Crippen molar-refractivity contribution in [1.82, 2.24) is 0 Å². The second-order valence-electron chi connectivity index (χ2n) is 11.7. The molecular weight excluding hydrogens is 648 g/mol. The van der Waals surface area contributed by atoms with Crippen molar-refractivity contribution in [3.63, 3.8) is 0 Å². The van der Waals surface area contributed by atoms with Crippen molar-refractivity contribution >= 4 is 11.9 Å². The van der Waals surface area contributed by atoms with Crippen LogP contribution in [0.1, 0.15) is 44.7 Å². The molecule has 0 unspecified atom stereocenters. The highest BCUT2D eigenvalue weighted by Gasteiger charge is 2.26. The highest BCUT2D eigenvalue weighted by Crippen LogP contribution is 2.33. The average Bonchev–Trinajstić information content (AvgIpc) is 3.13. The van der Waals surface area contributed by atoms with E-state index in [0.717, 1.165) is 0 Å². The third-order valence-electron chi connectivity index (χ3n) is 8.30. The molecule has 0 saturated carbocycles. The lowest BCUT2D eigenvalue weighted by Crippen LogP contribution is -2.26. The summed E-state index contributed by atoms with van der Waals surface area (Å²) in [6.07, 6.45) is 1.66. The van der Waals surface area contributed by atoms with E-state index in [-0.39, 0.29) is 59.2 Å². The largest absolute Gasteiger partial charge is 0.504 e. The van der Waals surface area contributed by atoms with Crippen molar-refractivity contribution in [2.75, 3.05) is 41.7 Å². The van der Waals surface area contributed by atoms with Crippen LogP contribution in [0.25, 0.3) is 0 Å². The van der Waals surface area contributed by atoms with E-state index >= 15 is 0 Å². The number of phenolic OH excluding ortho intramolecular Hbond substituents is 4. The Labute approximate surface area is 290 Å². The average molecular weight is 691 g/mol. The molecule has 0 aromatic heterocycles. The Kier molecular flexibility index (Phi) is 13.0. The molecule has 0 spiro atoms. The van der Waals surface area contributed by atoms with Crippen LogP contribution in [-0.2, 0) is 22.3 Å². The first-order valence-corrected chi connectivity index (χ1v) is 15.9. The van der Waals surface area contributed by atoms with E-state index in [1.54, 1.807) is 48.5 Å². The van der Waals surface area contributed by atoms with Crippen LogP contribution in [0.5, 0.6) is 46.0 Å². The normalized spacial score (nSPS) is 12.0. The lowest BCUT2D eigenvalue weighted by molar-refractivity contribution is 0.0361. The molecule has 12 nitrogen and oxygen atoms in total. The van der Waals surface area contributed by atoms with Gasteiger partial charge in [0.25, 0.3) is 0 Å². The summed E-state index contributed by atoms with van der Waals surface area (Å²) in [7, 11) is 5.92. The third kappa shape index (κ3) is 10.1. The number of esters is 2. The monoisotopic (exact) mass is 690 g/mol. The van der Waals surface area contributed by atoms with Gasteiger partial charge in [-0.15, -0.1) is 0 Å². The van der Waals surface area contributed by atoms with Crippen LogP contribution in [0.3, 0.4) is 0 Å². The fraction of sp³-hybridized carbons (Fsp3) is 0.316. The molecule has 0 radical (unpaired) electrons. The number of methoxy groups -OCH3 is 4. The van der Waals surface area contributed by atoms with Crippen molar-refractivity contribution in [3.05, 3.63) is 95.1 Å². The first kappa shape index (κ1) is 37.0. The summed E-state index contributed by atoms with van der Waals surface area (Å²) in [5.41, 5.74) is 1.89. The van der Waals surface area contributed by atoms with Crippen LogP contribution in [0.2, 0.25) is 0 Å². The van der Waals surface area contributed by atoms with Gasteiger partial charge in [-0.25, -0.2) is 9.59 Å². The molecular formula is C38H42O12. The van der Waals surface area contributed by atoms with Crippen LogP contribution in [-0.4, -0.2) is 74.0 Å². The minimum Gasteiger partial charge on any atom is -0.504 e. The summed E-state index contributed by atoms with van der Waals surface area (Å²) in [5, 5.41) is 40.3.